The molecule has 1 N–H and O–H groups in total. The minimum atomic E-state index is -0.342. The number of carbonyl (C=O) groups is 1. The summed E-state index contributed by atoms with van der Waals surface area (Å²) in [6.07, 6.45) is 8.78. The van der Waals surface area contributed by atoms with Crippen molar-refractivity contribution in [3.8, 4) is 0 Å². The summed E-state index contributed by atoms with van der Waals surface area (Å²) in [5.74, 6) is -0.196. The van der Waals surface area contributed by atoms with E-state index in [0.29, 0.717) is 6.04 Å². The van der Waals surface area contributed by atoms with Crippen LogP contribution in [-0.2, 0) is 9.53 Å². The van der Waals surface area contributed by atoms with Crippen molar-refractivity contribution < 1.29 is 9.53 Å². The van der Waals surface area contributed by atoms with Crippen molar-refractivity contribution in [1.82, 2.24) is 5.32 Å². The number of esters is 1. The van der Waals surface area contributed by atoms with Gasteiger partial charge in [0.1, 0.15) is 6.04 Å². The van der Waals surface area contributed by atoms with E-state index in [1.807, 2.05) is 30.3 Å². The molecule has 1 aliphatic rings. The number of hydrogen-bond donors (Lipinski definition) is 1. The fourth-order valence-corrected chi connectivity index (χ4v) is 2.92. The number of hydrogen-bond acceptors (Lipinski definition) is 3. The smallest absolute Gasteiger partial charge is 0.327 e. The van der Waals surface area contributed by atoms with E-state index in [0.717, 1.165) is 18.4 Å². The van der Waals surface area contributed by atoms with Gasteiger partial charge in [-0.15, -0.1) is 0 Å². The molecule has 2 rings (SSSR count). The quantitative estimate of drug-likeness (QED) is 0.853. The summed E-state index contributed by atoms with van der Waals surface area (Å²) in [5, 5.41) is 3.52. The summed E-state index contributed by atoms with van der Waals surface area (Å²) in [5.41, 5.74) is 0.987. The zero-order valence-corrected chi connectivity index (χ0v) is 12.3. The van der Waals surface area contributed by atoms with Crippen molar-refractivity contribution in [2.75, 3.05) is 7.11 Å². The molecule has 0 aromatic heterocycles. The van der Waals surface area contributed by atoms with E-state index in [-0.39, 0.29) is 12.0 Å². The van der Waals surface area contributed by atoms with Crippen LogP contribution >= 0.6 is 0 Å². The minimum absolute atomic E-state index is 0.196. The van der Waals surface area contributed by atoms with Crippen LogP contribution in [0.2, 0.25) is 0 Å². The van der Waals surface area contributed by atoms with E-state index < -0.39 is 0 Å². The minimum Gasteiger partial charge on any atom is -0.468 e. The van der Waals surface area contributed by atoms with Gasteiger partial charge in [0, 0.05) is 6.04 Å². The second-order valence-corrected chi connectivity index (χ2v) is 5.58. The highest BCUT2D eigenvalue weighted by atomic mass is 16.5. The van der Waals surface area contributed by atoms with Gasteiger partial charge >= 0.3 is 5.97 Å². The van der Waals surface area contributed by atoms with Gasteiger partial charge in [0.25, 0.3) is 0 Å². The number of ether oxygens (including phenoxy) is 1. The van der Waals surface area contributed by atoms with Gasteiger partial charge in [-0.1, -0.05) is 62.4 Å². The van der Waals surface area contributed by atoms with Crippen LogP contribution in [0.15, 0.2) is 30.3 Å². The molecule has 3 heteroatoms. The van der Waals surface area contributed by atoms with Crippen LogP contribution in [-0.4, -0.2) is 19.1 Å². The first-order valence-corrected chi connectivity index (χ1v) is 7.70. The Morgan fingerprint density at radius 1 is 1.10 bits per heavy atom. The van der Waals surface area contributed by atoms with Gasteiger partial charge < -0.3 is 4.74 Å². The fraction of sp³-hybridized carbons (Fsp3) is 0.588. The van der Waals surface area contributed by atoms with E-state index >= 15 is 0 Å². The first-order chi connectivity index (χ1) is 9.81. The number of rotatable bonds is 4. The van der Waals surface area contributed by atoms with Crippen molar-refractivity contribution >= 4 is 5.97 Å². The SMILES string of the molecule is COC(=O)[C@@H](NC1CCCCCCC1)c1ccccc1. The van der Waals surface area contributed by atoms with Gasteiger partial charge in [0.05, 0.1) is 7.11 Å². The van der Waals surface area contributed by atoms with Crippen LogP contribution in [0.5, 0.6) is 0 Å². The predicted octanol–water partition coefficient (Wildman–Crippen LogP) is 3.60. The lowest BCUT2D eigenvalue weighted by molar-refractivity contribution is -0.143. The van der Waals surface area contributed by atoms with Crippen LogP contribution in [0.1, 0.15) is 56.6 Å². The molecule has 1 aliphatic carbocycles. The summed E-state index contributed by atoms with van der Waals surface area (Å²) in [4.78, 5) is 12.1. The van der Waals surface area contributed by atoms with E-state index in [2.05, 4.69) is 5.32 Å². The molecule has 110 valence electrons. The van der Waals surface area contributed by atoms with Crippen LogP contribution in [0.4, 0.5) is 0 Å². The Bertz CT molecular complexity index is 397. The molecule has 1 saturated carbocycles. The number of benzene rings is 1. The average molecular weight is 275 g/mol. The maximum atomic E-state index is 12.1. The lowest BCUT2D eigenvalue weighted by Crippen LogP contribution is -2.38. The summed E-state index contributed by atoms with van der Waals surface area (Å²) in [6.45, 7) is 0. The predicted molar refractivity (Wildman–Crippen MR) is 80.4 cm³/mol. The summed E-state index contributed by atoms with van der Waals surface area (Å²) in [6, 6.07) is 9.93. The Labute approximate surface area is 121 Å². The first kappa shape index (κ1) is 15.0. The van der Waals surface area contributed by atoms with E-state index in [9.17, 15) is 4.79 Å². The van der Waals surface area contributed by atoms with Gasteiger partial charge in [-0.2, -0.15) is 0 Å². The highest BCUT2D eigenvalue weighted by Crippen LogP contribution is 2.21. The fourth-order valence-electron chi connectivity index (χ4n) is 2.92. The van der Waals surface area contributed by atoms with E-state index in [4.69, 9.17) is 4.74 Å². The van der Waals surface area contributed by atoms with E-state index in [1.165, 1.54) is 39.2 Å². The third-order valence-corrected chi connectivity index (χ3v) is 4.08. The maximum Gasteiger partial charge on any atom is 0.327 e. The third kappa shape index (κ3) is 4.34. The second-order valence-electron chi connectivity index (χ2n) is 5.58. The summed E-state index contributed by atoms with van der Waals surface area (Å²) >= 11 is 0. The van der Waals surface area contributed by atoms with Gasteiger partial charge in [0.2, 0.25) is 0 Å². The topological polar surface area (TPSA) is 38.3 Å². The summed E-state index contributed by atoms with van der Waals surface area (Å²) in [7, 11) is 1.46. The Balaban J connectivity index is 2.05. The zero-order chi connectivity index (χ0) is 14.2. The van der Waals surface area contributed by atoms with Crippen molar-refractivity contribution in [2.45, 2.75) is 57.0 Å². The molecule has 0 unspecified atom stereocenters. The molecule has 0 bridgehead atoms. The van der Waals surface area contributed by atoms with Crippen molar-refractivity contribution in [2.24, 2.45) is 0 Å². The number of methoxy groups -OCH3 is 1. The second kappa shape index (κ2) is 8.05. The largest absolute Gasteiger partial charge is 0.468 e. The lowest BCUT2D eigenvalue weighted by atomic mass is 9.95. The number of nitrogens with one attached hydrogen (secondary N) is 1. The Morgan fingerprint density at radius 2 is 1.70 bits per heavy atom. The monoisotopic (exact) mass is 275 g/mol. The molecule has 1 aromatic carbocycles. The van der Waals surface area contributed by atoms with Gasteiger partial charge in [-0.3, -0.25) is 5.32 Å². The van der Waals surface area contributed by atoms with Crippen LogP contribution in [0.3, 0.4) is 0 Å². The first-order valence-electron chi connectivity index (χ1n) is 7.70. The summed E-state index contributed by atoms with van der Waals surface area (Å²) < 4.78 is 4.96. The van der Waals surface area contributed by atoms with E-state index in [1.54, 1.807) is 0 Å². The van der Waals surface area contributed by atoms with Crippen molar-refractivity contribution in [1.29, 1.82) is 0 Å². The molecule has 1 atom stereocenters. The Morgan fingerprint density at radius 3 is 2.30 bits per heavy atom. The van der Waals surface area contributed by atoms with Crippen molar-refractivity contribution in [3.05, 3.63) is 35.9 Å². The highest BCUT2D eigenvalue weighted by Gasteiger charge is 2.24. The molecular formula is C17H25NO2. The van der Waals surface area contributed by atoms with Gasteiger partial charge in [-0.25, -0.2) is 4.79 Å². The van der Waals surface area contributed by atoms with Crippen LogP contribution in [0.25, 0.3) is 0 Å². The van der Waals surface area contributed by atoms with Gasteiger partial charge in [-0.05, 0) is 18.4 Å². The normalized spacial score (nSPS) is 18.9. The molecule has 0 spiro atoms. The molecule has 0 heterocycles. The Kier molecular flexibility index (Phi) is 6.06. The van der Waals surface area contributed by atoms with Crippen LogP contribution in [0, 0.1) is 0 Å². The molecular weight excluding hydrogens is 250 g/mol. The lowest BCUT2D eigenvalue weighted by Gasteiger charge is -2.26. The molecule has 1 fully saturated rings. The molecule has 20 heavy (non-hydrogen) atoms. The standard InChI is InChI=1S/C17H25NO2/c1-20-17(19)16(14-10-6-5-7-11-14)18-15-12-8-3-2-4-9-13-15/h5-7,10-11,15-16,18H,2-4,8-9,12-13H2,1H3/t16-/m0/s1. The molecule has 0 saturated heterocycles. The Hall–Kier alpha value is -1.35. The molecule has 0 amide bonds. The van der Waals surface area contributed by atoms with Crippen molar-refractivity contribution in [3.63, 3.8) is 0 Å². The molecule has 1 aromatic rings. The molecule has 0 radical (unpaired) electrons. The third-order valence-electron chi connectivity index (χ3n) is 4.08. The molecule has 0 aliphatic heterocycles. The highest BCUT2D eigenvalue weighted by molar-refractivity contribution is 5.77. The number of carbonyl (C=O) groups excluding carboxylic acids is 1. The average Bonchev–Trinajstić information content (AvgIpc) is 2.46. The molecule has 3 nitrogen and oxygen atoms in total. The van der Waals surface area contributed by atoms with Crippen LogP contribution < -0.4 is 5.32 Å². The van der Waals surface area contributed by atoms with Gasteiger partial charge in [0.15, 0.2) is 0 Å². The zero-order valence-electron chi connectivity index (χ0n) is 12.3. The maximum absolute atomic E-state index is 12.1.